The van der Waals surface area contributed by atoms with Gasteiger partial charge >= 0.3 is 12.1 Å². The standard InChI is InChI=1S/C25H30FN5O6/c1-14(29-19-6-7-31-21(30-19)18(11-28-31)22(32)33)17-9-16(26)8-15-10-25(13-35-5,36-20(15)17)12-27-23(34)37-24(2,3)4/h6-9,11,14H,10,12-13H2,1-5H3,(H,27,34)(H,29,30)(H,32,33)/t14-,25?/m1/s1. The Hall–Kier alpha value is -3.93. The number of aromatic nitrogens is 3. The minimum Gasteiger partial charge on any atom is -0.482 e. The van der Waals surface area contributed by atoms with Gasteiger partial charge in [0.15, 0.2) is 11.2 Å². The van der Waals surface area contributed by atoms with Crippen LogP contribution >= 0.6 is 0 Å². The Kier molecular flexibility index (Phi) is 6.96. The minimum absolute atomic E-state index is 0.0341. The molecule has 0 radical (unpaired) electrons. The van der Waals surface area contributed by atoms with Gasteiger partial charge in [-0.25, -0.2) is 23.5 Å². The highest BCUT2D eigenvalue weighted by atomic mass is 19.1. The summed E-state index contributed by atoms with van der Waals surface area (Å²) in [7, 11) is 1.52. The highest BCUT2D eigenvalue weighted by molar-refractivity contribution is 5.94. The van der Waals surface area contributed by atoms with Crippen molar-refractivity contribution in [1.29, 1.82) is 0 Å². The van der Waals surface area contributed by atoms with Crippen molar-refractivity contribution in [2.45, 2.75) is 51.4 Å². The maximum absolute atomic E-state index is 14.7. The van der Waals surface area contributed by atoms with Gasteiger partial charge < -0.3 is 30.0 Å². The molecule has 2 atom stereocenters. The van der Waals surface area contributed by atoms with Crippen LogP contribution in [0.3, 0.4) is 0 Å². The number of fused-ring (bicyclic) bond motifs is 2. The predicted molar refractivity (Wildman–Crippen MR) is 132 cm³/mol. The molecule has 3 heterocycles. The molecule has 1 aliphatic heterocycles. The maximum Gasteiger partial charge on any atom is 0.407 e. The lowest BCUT2D eigenvalue weighted by molar-refractivity contribution is 0.00114. The lowest BCUT2D eigenvalue weighted by Gasteiger charge is -2.30. The Morgan fingerprint density at radius 1 is 1.35 bits per heavy atom. The second kappa shape index (κ2) is 9.85. The molecule has 0 fully saturated rings. The third-order valence-corrected chi connectivity index (χ3v) is 5.78. The number of amides is 1. The summed E-state index contributed by atoms with van der Waals surface area (Å²) in [4.78, 5) is 28.1. The highest BCUT2D eigenvalue weighted by Crippen LogP contribution is 2.41. The molecule has 1 aliphatic rings. The fourth-order valence-corrected chi connectivity index (χ4v) is 4.29. The summed E-state index contributed by atoms with van der Waals surface area (Å²) in [5.41, 5.74) is -0.292. The number of alkyl carbamates (subject to hydrolysis) is 1. The Bertz CT molecular complexity index is 1340. The van der Waals surface area contributed by atoms with Gasteiger partial charge in [-0.15, -0.1) is 0 Å². The molecule has 1 amide bonds. The molecule has 0 bridgehead atoms. The summed E-state index contributed by atoms with van der Waals surface area (Å²) < 4.78 is 33.1. The van der Waals surface area contributed by atoms with E-state index in [0.29, 0.717) is 29.1 Å². The molecule has 0 saturated heterocycles. The number of halogens is 1. The maximum atomic E-state index is 14.7. The van der Waals surface area contributed by atoms with Gasteiger partial charge in [-0.1, -0.05) is 0 Å². The van der Waals surface area contributed by atoms with E-state index < -0.39 is 35.1 Å². The van der Waals surface area contributed by atoms with Crippen molar-refractivity contribution in [1.82, 2.24) is 19.9 Å². The molecule has 3 aromatic rings. The number of carbonyl (C=O) groups is 2. The first-order chi connectivity index (χ1) is 17.4. The molecule has 3 N–H and O–H groups in total. The van der Waals surface area contributed by atoms with Crippen LogP contribution in [0.25, 0.3) is 5.65 Å². The van der Waals surface area contributed by atoms with E-state index in [2.05, 4.69) is 20.7 Å². The van der Waals surface area contributed by atoms with E-state index >= 15 is 0 Å². The number of aromatic carboxylic acids is 1. The lowest BCUT2D eigenvalue weighted by Crippen LogP contribution is -2.50. The predicted octanol–water partition coefficient (Wildman–Crippen LogP) is 3.58. The van der Waals surface area contributed by atoms with Gasteiger partial charge in [0.05, 0.1) is 25.4 Å². The third kappa shape index (κ3) is 5.74. The van der Waals surface area contributed by atoms with Gasteiger partial charge in [-0.2, -0.15) is 5.10 Å². The van der Waals surface area contributed by atoms with Crippen LogP contribution in [0.1, 0.15) is 55.2 Å². The quantitative estimate of drug-likeness (QED) is 0.411. The van der Waals surface area contributed by atoms with Crippen molar-refractivity contribution in [2.75, 3.05) is 25.6 Å². The highest BCUT2D eigenvalue weighted by Gasteiger charge is 2.42. The lowest BCUT2D eigenvalue weighted by atomic mass is 9.96. The molecule has 0 spiro atoms. The number of carboxylic acids is 1. The van der Waals surface area contributed by atoms with Crippen molar-refractivity contribution < 1.29 is 33.3 Å². The van der Waals surface area contributed by atoms with Gasteiger partial charge in [0.1, 0.15) is 28.5 Å². The second-order valence-electron chi connectivity index (χ2n) is 10.0. The normalized spacial score (nSPS) is 17.7. The van der Waals surface area contributed by atoms with Crippen LogP contribution in [0.5, 0.6) is 5.75 Å². The first kappa shape index (κ1) is 26.1. The number of carboxylic acid groups (broad SMARTS) is 1. The Morgan fingerprint density at radius 3 is 2.78 bits per heavy atom. The van der Waals surface area contributed by atoms with Crippen molar-refractivity contribution in [3.05, 3.63) is 53.1 Å². The smallest absolute Gasteiger partial charge is 0.407 e. The van der Waals surface area contributed by atoms with Gasteiger partial charge in [-0.05, 0) is 45.9 Å². The Labute approximate surface area is 212 Å². The summed E-state index contributed by atoms with van der Waals surface area (Å²) >= 11 is 0. The van der Waals surface area contributed by atoms with Crippen molar-refractivity contribution >= 4 is 23.5 Å². The van der Waals surface area contributed by atoms with E-state index in [-0.39, 0.29) is 24.4 Å². The molecule has 2 aromatic heterocycles. The summed E-state index contributed by atoms with van der Waals surface area (Å²) in [6, 6.07) is 3.96. The number of ether oxygens (including phenoxy) is 3. The Morgan fingerprint density at radius 2 is 2.11 bits per heavy atom. The van der Waals surface area contributed by atoms with E-state index in [1.165, 1.54) is 30.0 Å². The fraction of sp³-hybridized carbons (Fsp3) is 0.440. The molecule has 37 heavy (non-hydrogen) atoms. The third-order valence-electron chi connectivity index (χ3n) is 5.78. The zero-order valence-corrected chi connectivity index (χ0v) is 21.3. The number of hydrogen-bond acceptors (Lipinski definition) is 8. The van der Waals surface area contributed by atoms with Crippen LogP contribution in [0.4, 0.5) is 15.0 Å². The topological polar surface area (TPSA) is 136 Å². The molecule has 0 saturated carbocycles. The average molecular weight is 516 g/mol. The van der Waals surface area contributed by atoms with Crippen molar-refractivity contribution in [3.8, 4) is 5.75 Å². The number of hydrogen-bond donors (Lipinski definition) is 3. The van der Waals surface area contributed by atoms with Crippen LogP contribution in [0, 0.1) is 5.82 Å². The van der Waals surface area contributed by atoms with Gasteiger partial charge in [0.2, 0.25) is 0 Å². The molecule has 4 rings (SSSR count). The number of anilines is 1. The number of benzene rings is 1. The second-order valence-corrected chi connectivity index (χ2v) is 10.0. The average Bonchev–Trinajstić information content (AvgIpc) is 3.37. The zero-order valence-electron chi connectivity index (χ0n) is 21.3. The number of nitrogens with one attached hydrogen (secondary N) is 2. The Balaban J connectivity index is 1.57. The van der Waals surface area contributed by atoms with Gasteiger partial charge in [0.25, 0.3) is 0 Å². The largest absolute Gasteiger partial charge is 0.482 e. The van der Waals surface area contributed by atoms with Crippen LogP contribution < -0.4 is 15.4 Å². The monoisotopic (exact) mass is 515 g/mol. The van der Waals surface area contributed by atoms with Gasteiger partial charge in [0, 0.05) is 30.9 Å². The van der Waals surface area contributed by atoms with Crippen LogP contribution in [0.15, 0.2) is 30.6 Å². The number of methoxy groups -OCH3 is 1. The zero-order chi connectivity index (χ0) is 27.0. The van der Waals surface area contributed by atoms with E-state index in [4.69, 9.17) is 14.2 Å². The van der Waals surface area contributed by atoms with E-state index in [1.54, 1.807) is 33.0 Å². The molecule has 12 heteroatoms. The molecule has 1 aromatic carbocycles. The molecular formula is C25H30FN5O6. The molecule has 11 nitrogen and oxygen atoms in total. The van der Waals surface area contributed by atoms with E-state index in [1.807, 2.05) is 6.92 Å². The SMILES string of the molecule is COCC1(CNC(=O)OC(C)(C)C)Cc2cc(F)cc([C@@H](C)Nc3ccn4ncc(C(=O)O)c4n3)c2O1. The summed E-state index contributed by atoms with van der Waals surface area (Å²) in [5.74, 6) is -0.708. The number of nitrogens with zero attached hydrogens (tertiary/aromatic N) is 3. The first-order valence-electron chi connectivity index (χ1n) is 11.7. The molecule has 1 unspecified atom stereocenters. The van der Waals surface area contributed by atoms with Crippen molar-refractivity contribution in [2.24, 2.45) is 0 Å². The molecule has 0 aliphatic carbocycles. The van der Waals surface area contributed by atoms with Crippen LogP contribution in [0.2, 0.25) is 0 Å². The molecular weight excluding hydrogens is 485 g/mol. The minimum atomic E-state index is -1.14. The summed E-state index contributed by atoms with van der Waals surface area (Å²) in [6.07, 6.45) is 2.53. The first-order valence-corrected chi connectivity index (χ1v) is 11.7. The summed E-state index contributed by atoms with van der Waals surface area (Å²) in [5, 5.41) is 19.3. The van der Waals surface area contributed by atoms with Crippen LogP contribution in [-0.4, -0.2) is 63.2 Å². The van der Waals surface area contributed by atoms with E-state index in [0.717, 1.165) is 0 Å². The van der Waals surface area contributed by atoms with E-state index in [9.17, 15) is 19.1 Å². The number of carbonyl (C=O) groups excluding carboxylic acids is 1. The summed E-state index contributed by atoms with van der Waals surface area (Å²) in [6.45, 7) is 7.36. The van der Waals surface area contributed by atoms with Crippen molar-refractivity contribution in [3.63, 3.8) is 0 Å². The van der Waals surface area contributed by atoms with Gasteiger partial charge in [-0.3, -0.25) is 0 Å². The fourth-order valence-electron chi connectivity index (χ4n) is 4.29. The number of rotatable bonds is 8. The van der Waals surface area contributed by atoms with Crippen LogP contribution in [-0.2, 0) is 15.9 Å². The molecule has 198 valence electrons.